The van der Waals surface area contributed by atoms with Crippen molar-refractivity contribution in [1.82, 2.24) is 5.32 Å². The van der Waals surface area contributed by atoms with Crippen molar-refractivity contribution in [2.45, 2.75) is 13.2 Å². The third-order valence-corrected chi connectivity index (χ3v) is 3.33. The molecule has 0 unspecified atom stereocenters. The molecule has 0 aliphatic carbocycles. The van der Waals surface area contributed by atoms with Crippen molar-refractivity contribution in [2.24, 2.45) is 0 Å². The first-order valence-electron chi connectivity index (χ1n) is 5.47. The van der Waals surface area contributed by atoms with Crippen LogP contribution in [0.25, 0.3) is 0 Å². The molecular formula is C12H19NO3S. The Kier molecular flexibility index (Phi) is 5.61. The van der Waals surface area contributed by atoms with E-state index in [4.69, 9.17) is 4.74 Å². The maximum atomic E-state index is 11.0. The first-order chi connectivity index (χ1) is 8.03. The van der Waals surface area contributed by atoms with Crippen molar-refractivity contribution >= 4 is 9.84 Å². The van der Waals surface area contributed by atoms with E-state index < -0.39 is 9.84 Å². The number of benzene rings is 1. The number of hydrogen-bond donors (Lipinski definition) is 1. The van der Waals surface area contributed by atoms with Gasteiger partial charge in [-0.25, -0.2) is 8.42 Å². The predicted octanol–water partition coefficient (Wildman–Crippen LogP) is 0.967. The number of nitrogens with one attached hydrogen (secondary N) is 1. The van der Waals surface area contributed by atoms with Gasteiger partial charge in [-0.15, -0.1) is 0 Å². The summed E-state index contributed by atoms with van der Waals surface area (Å²) in [5.74, 6) is 0.166. The van der Waals surface area contributed by atoms with Gasteiger partial charge in [0.1, 0.15) is 9.84 Å². The van der Waals surface area contributed by atoms with Crippen LogP contribution in [0.2, 0.25) is 0 Å². The van der Waals surface area contributed by atoms with Crippen LogP contribution in [0.4, 0.5) is 0 Å². The summed E-state index contributed by atoms with van der Waals surface area (Å²) in [4.78, 5) is 0. The molecule has 0 saturated heterocycles. The van der Waals surface area contributed by atoms with Crippen LogP contribution in [0.3, 0.4) is 0 Å². The fourth-order valence-electron chi connectivity index (χ4n) is 1.51. The van der Waals surface area contributed by atoms with E-state index in [1.807, 2.05) is 24.3 Å². The molecule has 5 heteroatoms. The molecule has 17 heavy (non-hydrogen) atoms. The molecule has 0 spiro atoms. The van der Waals surface area contributed by atoms with E-state index in [1.165, 1.54) is 6.26 Å². The Labute approximate surface area is 103 Å². The van der Waals surface area contributed by atoms with E-state index in [1.54, 1.807) is 7.11 Å². The van der Waals surface area contributed by atoms with Gasteiger partial charge < -0.3 is 10.1 Å². The third kappa shape index (κ3) is 5.81. The largest absolute Gasteiger partial charge is 0.380 e. The monoisotopic (exact) mass is 257 g/mol. The van der Waals surface area contributed by atoms with Crippen LogP contribution < -0.4 is 5.32 Å². The lowest BCUT2D eigenvalue weighted by Gasteiger charge is -2.09. The lowest BCUT2D eigenvalue weighted by molar-refractivity contribution is 0.184. The first-order valence-corrected chi connectivity index (χ1v) is 7.53. The summed E-state index contributed by atoms with van der Waals surface area (Å²) in [5.41, 5.74) is 2.27. The summed E-state index contributed by atoms with van der Waals surface area (Å²) >= 11 is 0. The highest BCUT2D eigenvalue weighted by molar-refractivity contribution is 7.90. The highest BCUT2D eigenvalue weighted by Crippen LogP contribution is 2.09. The van der Waals surface area contributed by atoms with E-state index >= 15 is 0 Å². The Morgan fingerprint density at radius 3 is 2.47 bits per heavy atom. The van der Waals surface area contributed by atoms with E-state index in [0.29, 0.717) is 19.7 Å². The SMILES string of the molecule is COCc1ccccc1CNCCS(C)(=O)=O. The zero-order valence-corrected chi connectivity index (χ0v) is 11.1. The van der Waals surface area contributed by atoms with Gasteiger partial charge in [-0.05, 0) is 11.1 Å². The van der Waals surface area contributed by atoms with Crippen molar-refractivity contribution in [2.75, 3.05) is 25.7 Å². The van der Waals surface area contributed by atoms with Crippen molar-refractivity contribution in [3.8, 4) is 0 Å². The van der Waals surface area contributed by atoms with Gasteiger partial charge in [-0.2, -0.15) is 0 Å². The zero-order valence-electron chi connectivity index (χ0n) is 10.3. The van der Waals surface area contributed by atoms with E-state index in [-0.39, 0.29) is 5.75 Å². The normalized spacial score (nSPS) is 11.6. The quantitative estimate of drug-likeness (QED) is 0.739. The van der Waals surface area contributed by atoms with Crippen LogP contribution in [0.15, 0.2) is 24.3 Å². The van der Waals surface area contributed by atoms with Crippen LogP contribution in [0.1, 0.15) is 11.1 Å². The van der Waals surface area contributed by atoms with Crippen LogP contribution in [-0.4, -0.2) is 34.1 Å². The van der Waals surface area contributed by atoms with Gasteiger partial charge in [-0.3, -0.25) is 0 Å². The van der Waals surface area contributed by atoms with Crippen molar-refractivity contribution in [1.29, 1.82) is 0 Å². The average molecular weight is 257 g/mol. The molecule has 0 aromatic heterocycles. The molecule has 0 saturated carbocycles. The Bertz CT molecular complexity index is 443. The summed E-state index contributed by atoms with van der Waals surface area (Å²) in [7, 11) is -1.23. The van der Waals surface area contributed by atoms with Gasteiger partial charge in [0.15, 0.2) is 0 Å². The summed E-state index contributed by atoms with van der Waals surface area (Å²) in [6, 6.07) is 7.96. The smallest absolute Gasteiger partial charge is 0.148 e. The van der Waals surface area contributed by atoms with Crippen molar-refractivity contribution in [3.63, 3.8) is 0 Å². The Morgan fingerprint density at radius 1 is 1.24 bits per heavy atom. The highest BCUT2D eigenvalue weighted by Gasteiger charge is 2.03. The molecule has 0 amide bonds. The highest BCUT2D eigenvalue weighted by atomic mass is 32.2. The summed E-state index contributed by atoms with van der Waals surface area (Å²) in [6.07, 6.45) is 1.24. The predicted molar refractivity (Wildman–Crippen MR) is 68.6 cm³/mol. The molecule has 0 radical (unpaired) electrons. The van der Waals surface area contributed by atoms with Gasteiger partial charge in [0.05, 0.1) is 12.4 Å². The van der Waals surface area contributed by atoms with Gasteiger partial charge in [0, 0.05) is 26.5 Å². The second-order valence-electron chi connectivity index (χ2n) is 4.01. The number of methoxy groups -OCH3 is 1. The fourth-order valence-corrected chi connectivity index (χ4v) is 2.02. The molecule has 0 fully saturated rings. The maximum absolute atomic E-state index is 11.0. The first kappa shape index (κ1) is 14.2. The zero-order chi connectivity index (χ0) is 12.7. The van der Waals surface area contributed by atoms with Gasteiger partial charge in [-0.1, -0.05) is 24.3 Å². The minimum absolute atomic E-state index is 0.166. The molecule has 1 aromatic carbocycles. The minimum atomic E-state index is -2.89. The number of hydrogen-bond acceptors (Lipinski definition) is 4. The fraction of sp³-hybridized carbons (Fsp3) is 0.500. The molecule has 0 bridgehead atoms. The molecule has 1 N–H and O–H groups in total. The van der Waals surface area contributed by atoms with Crippen LogP contribution in [-0.2, 0) is 27.7 Å². The summed E-state index contributed by atoms with van der Waals surface area (Å²) in [5, 5.41) is 3.12. The van der Waals surface area contributed by atoms with Crippen molar-refractivity contribution in [3.05, 3.63) is 35.4 Å². The average Bonchev–Trinajstić information content (AvgIpc) is 2.25. The lowest BCUT2D eigenvalue weighted by atomic mass is 10.1. The van der Waals surface area contributed by atoms with Crippen LogP contribution in [0, 0.1) is 0 Å². The summed E-state index contributed by atoms with van der Waals surface area (Å²) < 4.78 is 27.0. The molecule has 4 nitrogen and oxygen atoms in total. The molecule has 1 rings (SSSR count). The summed E-state index contributed by atoms with van der Waals surface area (Å²) in [6.45, 7) is 1.71. The third-order valence-electron chi connectivity index (χ3n) is 2.38. The van der Waals surface area contributed by atoms with E-state index in [9.17, 15) is 8.42 Å². The maximum Gasteiger partial charge on any atom is 0.148 e. The van der Waals surface area contributed by atoms with Gasteiger partial charge >= 0.3 is 0 Å². The van der Waals surface area contributed by atoms with Gasteiger partial charge in [0.2, 0.25) is 0 Å². The second-order valence-corrected chi connectivity index (χ2v) is 6.27. The molecule has 0 atom stereocenters. The number of sulfone groups is 1. The molecular weight excluding hydrogens is 238 g/mol. The van der Waals surface area contributed by atoms with Crippen LogP contribution in [0.5, 0.6) is 0 Å². The van der Waals surface area contributed by atoms with E-state index in [2.05, 4.69) is 5.32 Å². The van der Waals surface area contributed by atoms with Gasteiger partial charge in [0.25, 0.3) is 0 Å². The second kappa shape index (κ2) is 6.74. The number of rotatable bonds is 7. The standard InChI is InChI=1S/C12H19NO3S/c1-16-10-12-6-4-3-5-11(12)9-13-7-8-17(2,14)15/h3-6,13H,7-10H2,1-2H3. The number of ether oxygens (including phenoxy) is 1. The molecule has 1 aromatic rings. The molecule has 0 aliphatic rings. The van der Waals surface area contributed by atoms with Crippen LogP contribution >= 0.6 is 0 Å². The minimum Gasteiger partial charge on any atom is -0.380 e. The molecule has 96 valence electrons. The molecule has 0 aliphatic heterocycles. The van der Waals surface area contributed by atoms with Crippen molar-refractivity contribution < 1.29 is 13.2 Å². The lowest BCUT2D eigenvalue weighted by Crippen LogP contribution is -2.22. The Hall–Kier alpha value is -0.910. The van der Waals surface area contributed by atoms with E-state index in [0.717, 1.165) is 11.1 Å². The Morgan fingerprint density at radius 2 is 1.88 bits per heavy atom. The Balaban J connectivity index is 2.46. The molecule has 0 heterocycles. The topological polar surface area (TPSA) is 55.4 Å².